The first-order valence-electron chi connectivity index (χ1n) is 6.99. The number of methoxy groups -OCH3 is 1. The fourth-order valence-electron chi connectivity index (χ4n) is 2.36. The fourth-order valence-corrected chi connectivity index (χ4v) is 2.36. The molecule has 1 aliphatic rings. The molecule has 17 heavy (non-hydrogen) atoms. The molecule has 0 spiro atoms. The molecule has 1 saturated carbocycles. The van der Waals surface area contributed by atoms with Crippen molar-refractivity contribution in [3.63, 3.8) is 0 Å². The number of nitrogens with two attached hydrogens (primary N) is 1. The van der Waals surface area contributed by atoms with Gasteiger partial charge >= 0.3 is 0 Å². The molecule has 0 amide bonds. The minimum Gasteiger partial charge on any atom is -0.385 e. The maximum absolute atomic E-state index is 6.02. The third-order valence-electron chi connectivity index (χ3n) is 3.91. The zero-order valence-electron chi connectivity index (χ0n) is 12.0. The van der Waals surface area contributed by atoms with Crippen molar-refractivity contribution in [3.05, 3.63) is 0 Å². The molecular formula is C14H30N2O. The van der Waals surface area contributed by atoms with Gasteiger partial charge in [-0.15, -0.1) is 0 Å². The summed E-state index contributed by atoms with van der Waals surface area (Å²) in [4.78, 5) is 2.64. The van der Waals surface area contributed by atoms with Gasteiger partial charge in [0.05, 0.1) is 0 Å². The number of ether oxygens (including phenoxy) is 1. The van der Waals surface area contributed by atoms with Gasteiger partial charge in [0.1, 0.15) is 0 Å². The van der Waals surface area contributed by atoms with E-state index >= 15 is 0 Å². The molecule has 0 aromatic rings. The zero-order valence-corrected chi connectivity index (χ0v) is 12.0. The van der Waals surface area contributed by atoms with Gasteiger partial charge in [0.2, 0.25) is 0 Å². The van der Waals surface area contributed by atoms with E-state index < -0.39 is 0 Å². The summed E-state index contributed by atoms with van der Waals surface area (Å²) in [5, 5.41) is 0. The molecule has 0 radical (unpaired) electrons. The minimum absolute atomic E-state index is 0.117. The van der Waals surface area contributed by atoms with Gasteiger partial charge in [0.15, 0.2) is 0 Å². The quantitative estimate of drug-likeness (QED) is 0.674. The first kappa shape index (κ1) is 14.9. The monoisotopic (exact) mass is 242 g/mol. The van der Waals surface area contributed by atoms with Crippen molar-refractivity contribution in [2.24, 2.45) is 11.7 Å². The van der Waals surface area contributed by atoms with E-state index in [4.69, 9.17) is 10.5 Å². The van der Waals surface area contributed by atoms with Crippen LogP contribution < -0.4 is 5.73 Å². The number of hydrogen-bond acceptors (Lipinski definition) is 3. The molecule has 0 aromatic heterocycles. The van der Waals surface area contributed by atoms with Crippen molar-refractivity contribution < 1.29 is 4.74 Å². The Balaban J connectivity index is 2.58. The van der Waals surface area contributed by atoms with E-state index in [9.17, 15) is 0 Å². The summed E-state index contributed by atoms with van der Waals surface area (Å²) < 4.78 is 5.23. The third-order valence-corrected chi connectivity index (χ3v) is 3.91. The van der Waals surface area contributed by atoms with Gasteiger partial charge in [-0.3, -0.25) is 4.90 Å². The minimum atomic E-state index is 0.117. The van der Waals surface area contributed by atoms with Gasteiger partial charge in [0, 0.05) is 31.8 Å². The molecule has 0 bridgehead atoms. The topological polar surface area (TPSA) is 38.5 Å². The van der Waals surface area contributed by atoms with Gasteiger partial charge < -0.3 is 10.5 Å². The van der Waals surface area contributed by atoms with Gasteiger partial charge in [-0.05, 0) is 45.1 Å². The Morgan fingerprint density at radius 2 is 2.06 bits per heavy atom. The van der Waals surface area contributed by atoms with Crippen LogP contribution in [0.15, 0.2) is 0 Å². The maximum Gasteiger partial charge on any atom is 0.0480 e. The highest BCUT2D eigenvalue weighted by molar-refractivity contribution is 4.96. The molecular weight excluding hydrogens is 212 g/mol. The summed E-state index contributed by atoms with van der Waals surface area (Å²) in [5.41, 5.74) is 6.14. The van der Waals surface area contributed by atoms with Crippen molar-refractivity contribution in [1.29, 1.82) is 0 Å². The van der Waals surface area contributed by atoms with E-state index in [1.165, 1.54) is 25.8 Å². The van der Waals surface area contributed by atoms with Crippen LogP contribution in [0.4, 0.5) is 0 Å². The molecule has 102 valence electrons. The van der Waals surface area contributed by atoms with Crippen LogP contribution in [0.25, 0.3) is 0 Å². The predicted molar refractivity (Wildman–Crippen MR) is 73.1 cm³/mol. The standard InChI is InChI=1S/C14H30N2O/c1-12(2)7-9-16(13-5-6-13)14(3,11-15)8-10-17-4/h12-13H,5-11,15H2,1-4H3. The zero-order chi connectivity index (χ0) is 12.9. The average Bonchev–Trinajstić information content (AvgIpc) is 3.10. The average molecular weight is 242 g/mol. The first-order chi connectivity index (χ1) is 8.03. The van der Waals surface area contributed by atoms with Crippen molar-refractivity contribution >= 4 is 0 Å². The van der Waals surface area contributed by atoms with Crippen LogP contribution in [0.2, 0.25) is 0 Å². The van der Waals surface area contributed by atoms with Crippen LogP contribution >= 0.6 is 0 Å². The van der Waals surface area contributed by atoms with E-state index in [0.717, 1.165) is 31.5 Å². The van der Waals surface area contributed by atoms with Crippen LogP contribution in [0.3, 0.4) is 0 Å². The molecule has 0 aromatic carbocycles. The lowest BCUT2D eigenvalue weighted by Crippen LogP contribution is -2.53. The molecule has 1 fully saturated rings. The number of hydrogen-bond donors (Lipinski definition) is 1. The second kappa shape index (κ2) is 6.72. The highest BCUT2D eigenvalue weighted by Crippen LogP contribution is 2.34. The van der Waals surface area contributed by atoms with E-state index in [1.54, 1.807) is 7.11 Å². The Hall–Kier alpha value is -0.120. The molecule has 1 atom stereocenters. The summed E-state index contributed by atoms with van der Waals surface area (Å²) in [7, 11) is 1.77. The Bertz CT molecular complexity index is 216. The van der Waals surface area contributed by atoms with E-state index in [-0.39, 0.29) is 5.54 Å². The van der Waals surface area contributed by atoms with E-state index in [2.05, 4.69) is 25.7 Å². The van der Waals surface area contributed by atoms with Gasteiger partial charge in [-0.25, -0.2) is 0 Å². The van der Waals surface area contributed by atoms with Crippen LogP contribution in [0.5, 0.6) is 0 Å². The van der Waals surface area contributed by atoms with Crippen LogP contribution in [0, 0.1) is 5.92 Å². The highest BCUT2D eigenvalue weighted by atomic mass is 16.5. The van der Waals surface area contributed by atoms with E-state index in [1.807, 2.05) is 0 Å². The van der Waals surface area contributed by atoms with Crippen molar-refractivity contribution in [2.75, 3.05) is 26.8 Å². The largest absolute Gasteiger partial charge is 0.385 e. The maximum atomic E-state index is 6.02. The summed E-state index contributed by atoms with van der Waals surface area (Å²) in [6.07, 6.45) is 5.00. The van der Waals surface area contributed by atoms with Crippen LogP contribution in [-0.2, 0) is 4.74 Å². The Kier molecular flexibility index (Phi) is 5.90. The lowest BCUT2D eigenvalue weighted by molar-refractivity contribution is 0.0579. The van der Waals surface area contributed by atoms with Crippen molar-refractivity contribution in [3.8, 4) is 0 Å². The summed E-state index contributed by atoms with van der Waals surface area (Å²) >= 11 is 0. The summed E-state index contributed by atoms with van der Waals surface area (Å²) in [6, 6.07) is 0.777. The molecule has 1 aliphatic carbocycles. The molecule has 0 heterocycles. The van der Waals surface area contributed by atoms with Crippen LogP contribution in [0.1, 0.15) is 46.5 Å². The Labute approximate surface area is 107 Å². The third kappa shape index (κ3) is 4.57. The second-order valence-corrected chi connectivity index (χ2v) is 6.05. The number of rotatable bonds is 9. The molecule has 1 unspecified atom stereocenters. The smallest absolute Gasteiger partial charge is 0.0480 e. The normalized spacial score (nSPS) is 19.9. The summed E-state index contributed by atoms with van der Waals surface area (Å²) in [6.45, 7) is 9.59. The number of nitrogens with zero attached hydrogens (tertiary/aromatic N) is 1. The highest BCUT2D eigenvalue weighted by Gasteiger charge is 2.39. The van der Waals surface area contributed by atoms with Crippen molar-refractivity contribution in [2.45, 2.75) is 58.0 Å². The van der Waals surface area contributed by atoms with Crippen LogP contribution in [-0.4, -0.2) is 43.3 Å². The SMILES string of the molecule is COCCC(C)(CN)N(CCC(C)C)C1CC1. The van der Waals surface area contributed by atoms with E-state index in [0.29, 0.717) is 0 Å². The lowest BCUT2D eigenvalue weighted by Gasteiger charge is -2.41. The molecule has 3 nitrogen and oxygen atoms in total. The Morgan fingerprint density at radius 1 is 1.41 bits per heavy atom. The first-order valence-corrected chi connectivity index (χ1v) is 6.99. The Morgan fingerprint density at radius 3 is 2.47 bits per heavy atom. The van der Waals surface area contributed by atoms with Gasteiger partial charge in [-0.2, -0.15) is 0 Å². The molecule has 2 N–H and O–H groups in total. The molecule has 3 heteroatoms. The van der Waals surface area contributed by atoms with Gasteiger partial charge in [-0.1, -0.05) is 13.8 Å². The van der Waals surface area contributed by atoms with Crippen molar-refractivity contribution in [1.82, 2.24) is 4.90 Å². The van der Waals surface area contributed by atoms with Gasteiger partial charge in [0.25, 0.3) is 0 Å². The summed E-state index contributed by atoms with van der Waals surface area (Å²) in [5.74, 6) is 0.765. The lowest BCUT2D eigenvalue weighted by atomic mass is 9.94. The molecule has 1 rings (SSSR count). The molecule has 0 aliphatic heterocycles. The molecule has 0 saturated heterocycles. The fraction of sp³-hybridized carbons (Fsp3) is 1.00. The predicted octanol–water partition coefficient (Wildman–Crippen LogP) is 2.25. The second-order valence-electron chi connectivity index (χ2n) is 6.05.